The lowest BCUT2D eigenvalue weighted by Gasteiger charge is -2.28. The van der Waals surface area contributed by atoms with Crippen molar-refractivity contribution < 1.29 is 59.1 Å². The number of aliphatic carboxylic acids is 2. The molecular formula is C34H42N6O12. The Bertz CT molecular complexity index is 1810. The summed E-state index contributed by atoms with van der Waals surface area (Å²) in [6, 6.07) is 3.08. The van der Waals surface area contributed by atoms with E-state index in [0.717, 1.165) is 23.0 Å². The fraction of sp³-hybridized carbons (Fsp3) is 0.382. The molecule has 11 N–H and O–H groups in total. The number of amides is 5. The first kappa shape index (κ1) is 40.1. The van der Waals surface area contributed by atoms with Crippen molar-refractivity contribution in [3.05, 3.63) is 53.7 Å². The van der Waals surface area contributed by atoms with Crippen LogP contribution in [0.25, 0.3) is 10.9 Å². The fourth-order valence-corrected chi connectivity index (χ4v) is 5.17. The van der Waals surface area contributed by atoms with Gasteiger partial charge in [0.2, 0.25) is 23.6 Å². The van der Waals surface area contributed by atoms with Crippen LogP contribution >= 0.6 is 0 Å². The summed E-state index contributed by atoms with van der Waals surface area (Å²) in [4.78, 5) is 92.1. The molecule has 0 aliphatic carbocycles. The summed E-state index contributed by atoms with van der Waals surface area (Å²) in [5.74, 6) is -11.0. The van der Waals surface area contributed by atoms with Crippen LogP contribution in [-0.4, -0.2) is 103 Å². The van der Waals surface area contributed by atoms with E-state index in [1.807, 2.05) is 0 Å². The average Bonchev–Trinajstić information content (AvgIpc) is 3.48. The van der Waals surface area contributed by atoms with E-state index in [4.69, 9.17) is 0 Å². The Morgan fingerprint density at radius 2 is 1.31 bits per heavy atom. The number of carboxylic acid groups (broad SMARTS) is 2. The summed E-state index contributed by atoms with van der Waals surface area (Å²) in [5, 5.41) is 60.4. The molecule has 0 unspecified atom stereocenters. The number of phenols is 3. The predicted octanol–water partition coefficient (Wildman–Crippen LogP) is 0.0677. The van der Waals surface area contributed by atoms with E-state index >= 15 is 0 Å². The third-order valence-corrected chi connectivity index (χ3v) is 7.98. The van der Waals surface area contributed by atoms with Crippen LogP contribution < -0.4 is 26.6 Å². The Morgan fingerprint density at radius 3 is 1.88 bits per heavy atom. The number of phenolic OH excluding ortho intramolecular Hbond substituents is 3. The number of hydrogen-bond donors (Lipinski definition) is 11. The minimum atomic E-state index is -1.70. The molecule has 0 spiro atoms. The van der Waals surface area contributed by atoms with E-state index < -0.39 is 108 Å². The molecule has 2 aromatic carbocycles. The summed E-state index contributed by atoms with van der Waals surface area (Å²) in [6.07, 6.45) is 0.637. The highest BCUT2D eigenvalue weighted by Gasteiger charge is 2.34. The van der Waals surface area contributed by atoms with Crippen LogP contribution in [0.5, 0.6) is 17.2 Å². The summed E-state index contributed by atoms with van der Waals surface area (Å²) in [6.45, 7) is 5.52. The van der Waals surface area contributed by atoms with E-state index in [2.05, 4.69) is 31.6 Å². The van der Waals surface area contributed by atoms with E-state index in [9.17, 15) is 59.1 Å². The van der Waals surface area contributed by atoms with Crippen LogP contribution in [-0.2, 0) is 35.2 Å². The zero-order chi connectivity index (χ0) is 38.9. The average molecular weight is 727 g/mol. The van der Waals surface area contributed by atoms with Gasteiger partial charge < -0.3 is 57.1 Å². The molecule has 1 heterocycles. The molecule has 18 nitrogen and oxygen atoms in total. The Labute approximate surface area is 297 Å². The minimum Gasteiger partial charge on any atom is -0.504 e. The van der Waals surface area contributed by atoms with Gasteiger partial charge in [-0.3, -0.25) is 28.8 Å². The fourth-order valence-electron chi connectivity index (χ4n) is 5.17. The zero-order valence-electron chi connectivity index (χ0n) is 28.7. The monoisotopic (exact) mass is 726 g/mol. The molecule has 0 radical (unpaired) electrons. The van der Waals surface area contributed by atoms with Crippen molar-refractivity contribution in [2.45, 2.75) is 64.7 Å². The maximum atomic E-state index is 13.8. The van der Waals surface area contributed by atoms with Gasteiger partial charge in [-0.2, -0.15) is 0 Å². The third kappa shape index (κ3) is 10.6. The molecule has 0 saturated carbocycles. The quantitative estimate of drug-likeness (QED) is 0.0824. The molecule has 18 heteroatoms. The molecular weight excluding hydrogens is 684 g/mol. The standard InChI is InChI=1S/C34H42N6O12/c1-15(2)27(33(50)38-22(12-26(44)45)32(49)40-28(16(3)4)34(51)52)39-31(48)21(9-18-13-35-20-8-6-5-7-19(18)20)37-25(43)14-36-30(47)17-10-23(41)29(46)24(42)11-17/h5-8,10-11,13,15-16,21-22,27-28,35,41-42,46H,9,12,14H2,1-4H3,(H,36,47)(H,37,43)(H,38,50)(H,39,48)(H,40,49)(H,44,45)(H,51,52)/t21-,22-,27-,28-/m0/s1. The first-order valence-electron chi connectivity index (χ1n) is 16.1. The largest absolute Gasteiger partial charge is 0.504 e. The van der Waals surface area contributed by atoms with Crippen molar-refractivity contribution in [3.8, 4) is 17.2 Å². The van der Waals surface area contributed by atoms with Crippen molar-refractivity contribution in [1.29, 1.82) is 0 Å². The smallest absolute Gasteiger partial charge is 0.326 e. The van der Waals surface area contributed by atoms with E-state index in [1.54, 1.807) is 44.3 Å². The zero-order valence-corrected chi connectivity index (χ0v) is 28.7. The maximum Gasteiger partial charge on any atom is 0.326 e. The van der Waals surface area contributed by atoms with Gasteiger partial charge in [-0.25, -0.2) is 4.79 Å². The number of rotatable bonds is 17. The SMILES string of the molecule is CC(C)[C@H](NC(=O)[C@H](CC(=O)O)NC(=O)[C@@H](NC(=O)[C@H](Cc1c[nH]c2ccccc12)NC(=O)CNC(=O)c1cc(O)c(O)c(O)c1)C(C)C)C(=O)O. The molecule has 4 atom stereocenters. The number of carboxylic acids is 2. The Hall–Kier alpha value is -6.33. The number of fused-ring (bicyclic) bond motifs is 1. The Morgan fingerprint density at radius 1 is 0.731 bits per heavy atom. The number of aromatic hydroxyl groups is 3. The lowest BCUT2D eigenvalue weighted by molar-refractivity contribution is -0.144. The van der Waals surface area contributed by atoms with Crippen molar-refractivity contribution in [1.82, 2.24) is 31.6 Å². The minimum absolute atomic E-state index is 0.0997. The molecule has 0 fully saturated rings. The molecule has 5 amide bonds. The lowest BCUT2D eigenvalue weighted by atomic mass is 9.99. The first-order chi connectivity index (χ1) is 24.4. The van der Waals surface area contributed by atoms with Crippen LogP contribution in [0.15, 0.2) is 42.6 Å². The van der Waals surface area contributed by atoms with Gasteiger partial charge in [0.1, 0.15) is 24.2 Å². The molecule has 0 bridgehead atoms. The summed E-state index contributed by atoms with van der Waals surface area (Å²) in [7, 11) is 0. The molecule has 3 aromatic rings. The van der Waals surface area contributed by atoms with Gasteiger partial charge >= 0.3 is 11.9 Å². The van der Waals surface area contributed by atoms with Crippen LogP contribution in [0.1, 0.15) is 50.0 Å². The number of benzene rings is 2. The van der Waals surface area contributed by atoms with Gasteiger partial charge in [0.25, 0.3) is 5.91 Å². The molecule has 0 aliphatic heterocycles. The van der Waals surface area contributed by atoms with Crippen molar-refractivity contribution in [2.24, 2.45) is 11.8 Å². The Kier molecular flexibility index (Phi) is 13.5. The molecule has 1 aromatic heterocycles. The summed E-state index contributed by atoms with van der Waals surface area (Å²) >= 11 is 0. The van der Waals surface area contributed by atoms with Gasteiger partial charge in [-0.1, -0.05) is 45.9 Å². The second kappa shape index (κ2) is 17.6. The molecule has 0 saturated heterocycles. The third-order valence-electron chi connectivity index (χ3n) is 7.98. The number of para-hydroxylation sites is 1. The van der Waals surface area contributed by atoms with E-state index in [-0.39, 0.29) is 12.0 Å². The van der Waals surface area contributed by atoms with Gasteiger partial charge in [0, 0.05) is 29.1 Å². The highest BCUT2D eigenvalue weighted by molar-refractivity contribution is 5.99. The van der Waals surface area contributed by atoms with Gasteiger partial charge in [-0.05, 0) is 35.6 Å². The van der Waals surface area contributed by atoms with Crippen LogP contribution in [0.4, 0.5) is 0 Å². The number of nitrogens with one attached hydrogen (secondary N) is 6. The van der Waals surface area contributed by atoms with Crippen molar-refractivity contribution in [3.63, 3.8) is 0 Å². The van der Waals surface area contributed by atoms with E-state index in [0.29, 0.717) is 5.56 Å². The summed E-state index contributed by atoms with van der Waals surface area (Å²) in [5.41, 5.74) is 1.06. The number of aromatic nitrogens is 1. The number of hydrogen-bond acceptors (Lipinski definition) is 10. The highest BCUT2D eigenvalue weighted by atomic mass is 16.4. The number of carbonyl (C=O) groups is 7. The Balaban J connectivity index is 1.82. The van der Waals surface area contributed by atoms with Gasteiger partial charge in [0.05, 0.1) is 13.0 Å². The number of aromatic amines is 1. The molecule has 52 heavy (non-hydrogen) atoms. The van der Waals surface area contributed by atoms with Crippen molar-refractivity contribution in [2.75, 3.05) is 6.54 Å². The molecule has 0 aliphatic rings. The topological polar surface area (TPSA) is 297 Å². The summed E-state index contributed by atoms with van der Waals surface area (Å²) < 4.78 is 0. The van der Waals surface area contributed by atoms with Crippen LogP contribution in [0, 0.1) is 11.8 Å². The van der Waals surface area contributed by atoms with Crippen molar-refractivity contribution >= 4 is 52.4 Å². The highest BCUT2D eigenvalue weighted by Crippen LogP contribution is 2.35. The predicted molar refractivity (Wildman–Crippen MR) is 183 cm³/mol. The number of H-pyrrole nitrogens is 1. The van der Waals surface area contributed by atoms with Crippen LogP contribution in [0.3, 0.4) is 0 Å². The lowest BCUT2D eigenvalue weighted by Crippen LogP contribution is -2.60. The number of carbonyl (C=O) groups excluding carboxylic acids is 5. The second-order valence-corrected chi connectivity index (χ2v) is 12.7. The second-order valence-electron chi connectivity index (χ2n) is 12.7. The first-order valence-corrected chi connectivity index (χ1v) is 16.1. The maximum absolute atomic E-state index is 13.8. The van der Waals surface area contributed by atoms with Crippen LogP contribution in [0.2, 0.25) is 0 Å². The van der Waals surface area contributed by atoms with Gasteiger partial charge in [-0.15, -0.1) is 0 Å². The molecule has 280 valence electrons. The van der Waals surface area contributed by atoms with Gasteiger partial charge in [0.15, 0.2) is 17.2 Å². The molecule has 3 rings (SSSR count). The van der Waals surface area contributed by atoms with E-state index in [1.165, 1.54) is 13.8 Å². The normalized spacial score (nSPS) is 13.4.